The number of nitrogens with zero attached hydrogens (tertiary/aromatic N) is 1. The maximum atomic E-state index is 9.53. The van der Waals surface area contributed by atoms with Gasteiger partial charge in [-0.15, -0.1) is 0 Å². The first kappa shape index (κ1) is 9.79. The fraction of sp³-hybridized carbons (Fsp3) is 0.100. The van der Waals surface area contributed by atoms with Crippen molar-refractivity contribution in [2.45, 2.75) is 6.10 Å². The van der Waals surface area contributed by atoms with E-state index in [2.05, 4.69) is 6.58 Å². The fourth-order valence-corrected chi connectivity index (χ4v) is 1.14. The van der Waals surface area contributed by atoms with Crippen LogP contribution in [-0.2, 0) is 0 Å². The molecule has 66 valence electrons. The van der Waals surface area contributed by atoms with Crippen LogP contribution in [0.3, 0.4) is 0 Å². The van der Waals surface area contributed by atoms with E-state index in [1.165, 1.54) is 0 Å². The number of rotatable bonds is 2. The maximum Gasteiger partial charge on any atom is 0.113 e. The Balaban J connectivity index is 2.96. The van der Waals surface area contributed by atoms with E-state index in [1.54, 1.807) is 30.3 Å². The Bertz CT molecular complexity index is 367. The summed E-state index contributed by atoms with van der Waals surface area (Å²) in [6, 6.07) is 8.51. The normalized spacial score (nSPS) is 11.8. The lowest BCUT2D eigenvalue weighted by molar-refractivity contribution is 0.221. The van der Waals surface area contributed by atoms with Crippen LogP contribution in [0.5, 0.6) is 0 Å². The minimum atomic E-state index is -0.955. The number of aliphatic hydroxyl groups excluding tert-OH is 1. The van der Waals surface area contributed by atoms with Gasteiger partial charge in [-0.1, -0.05) is 30.3 Å². The molecule has 1 rings (SSSR count). The van der Waals surface area contributed by atoms with Gasteiger partial charge in [-0.05, 0) is 17.7 Å². The molecule has 0 amide bonds. The molecule has 13 heavy (non-hydrogen) atoms. The van der Waals surface area contributed by atoms with Crippen LogP contribution >= 0.6 is 11.6 Å². The molecule has 0 unspecified atom stereocenters. The van der Waals surface area contributed by atoms with Crippen LogP contribution in [0.25, 0.3) is 0 Å². The summed E-state index contributed by atoms with van der Waals surface area (Å²) in [6.07, 6.45) is -0.955. The second kappa shape index (κ2) is 4.08. The number of aliphatic hydroxyl groups is 1. The van der Waals surface area contributed by atoms with Gasteiger partial charge in [0, 0.05) is 5.02 Å². The number of benzene rings is 1. The zero-order valence-corrected chi connectivity index (χ0v) is 7.62. The molecule has 1 aromatic rings. The molecule has 0 saturated carbocycles. The van der Waals surface area contributed by atoms with Gasteiger partial charge in [-0.25, -0.2) is 0 Å². The zero-order chi connectivity index (χ0) is 9.84. The van der Waals surface area contributed by atoms with Crippen LogP contribution in [0.15, 0.2) is 36.4 Å². The summed E-state index contributed by atoms with van der Waals surface area (Å²) in [7, 11) is 0. The summed E-state index contributed by atoms with van der Waals surface area (Å²) in [5.41, 5.74) is 0.696. The quantitative estimate of drug-likeness (QED) is 0.734. The topological polar surface area (TPSA) is 44.0 Å². The van der Waals surface area contributed by atoms with Crippen molar-refractivity contribution in [1.82, 2.24) is 0 Å². The lowest BCUT2D eigenvalue weighted by atomic mass is 10.0. The van der Waals surface area contributed by atoms with Gasteiger partial charge in [0.2, 0.25) is 0 Å². The van der Waals surface area contributed by atoms with Gasteiger partial charge in [0.1, 0.15) is 6.10 Å². The molecule has 1 aromatic carbocycles. The smallest absolute Gasteiger partial charge is 0.113 e. The average molecular weight is 194 g/mol. The molecule has 0 spiro atoms. The summed E-state index contributed by atoms with van der Waals surface area (Å²) in [4.78, 5) is 0. The van der Waals surface area contributed by atoms with Crippen LogP contribution in [0.4, 0.5) is 0 Å². The van der Waals surface area contributed by atoms with E-state index < -0.39 is 6.10 Å². The first-order chi connectivity index (χ1) is 6.15. The third kappa shape index (κ3) is 2.32. The van der Waals surface area contributed by atoms with Crippen molar-refractivity contribution in [3.8, 4) is 6.07 Å². The third-order valence-corrected chi connectivity index (χ3v) is 1.87. The lowest BCUT2D eigenvalue weighted by Gasteiger charge is -2.08. The maximum absolute atomic E-state index is 9.53. The Labute approximate surface area is 81.7 Å². The Kier molecular flexibility index (Phi) is 3.07. The van der Waals surface area contributed by atoms with Crippen molar-refractivity contribution in [1.29, 1.82) is 5.26 Å². The second-order valence-corrected chi connectivity index (χ2v) is 3.03. The van der Waals surface area contributed by atoms with Crippen molar-refractivity contribution in [2.75, 3.05) is 0 Å². The van der Waals surface area contributed by atoms with Crippen LogP contribution < -0.4 is 0 Å². The Morgan fingerprint density at radius 2 is 2.31 bits per heavy atom. The van der Waals surface area contributed by atoms with Crippen molar-refractivity contribution >= 4 is 11.6 Å². The summed E-state index contributed by atoms with van der Waals surface area (Å²) in [6.45, 7) is 3.42. The Hall–Kier alpha value is -1.30. The first-order valence-corrected chi connectivity index (χ1v) is 4.05. The molecule has 0 fully saturated rings. The van der Waals surface area contributed by atoms with Gasteiger partial charge in [-0.3, -0.25) is 0 Å². The summed E-state index contributed by atoms with van der Waals surface area (Å²) in [5, 5.41) is 18.6. The van der Waals surface area contributed by atoms with Crippen LogP contribution in [-0.4, -0.2) is 5.11 Å². The lowest BCUT2D eigenvalue weighted by Crippen LogP contribution is -1.98. The minimum Gasteiger partial charge on any atom is -0.383 e. The molecule has 0 heterocycles. The molecule has 0 radical (unpaired) electrons. The second-order valence-electron chi connectivity index (χ2n) is 2.59. The van der Waals surface area contributed by atoms with E-state index in [-0.39, 0.29) is 5.57 Å². The number of hydrogen-bond donors (Lipinski definition) is 1. The highest BCUT2D eigenvalue weighted by molar-refractivity contribution is 6.30. The Morgan fingerprint density at radius 1 is 1.62 bits per heavy atom. The number of nitriles is 1. The van der Waals surface area contributed by atoms with Crippen molar-refractivity contribution in [2.24, 2.45) is 0 Å². The Morgan fingerprint density at radius 3 is 2.85 bits per heavy atom. The highest BCUT2D eigenvalue weighted by Gasteiger charge is 2.10. The summed E-state index contributed by atoms with van der Waals surface area (Å²) in [5.74, 6) is 0. The predicted octanol–water partition coefficient (Wildman–Crippen LogP) is 2.45. The molecule has 0 aliphatic rings. The van der Waals surface area contributed by atoms with Gasteiger partial charge in [0.15, 0.2) is 0 Å². The fourth-order valence-electron chi connectivity index (χ4n) is 0.939. The van der Waals surface area contributed by atoms with Crippen molar-refractivity contribution < 1.29 is 5.11 Å². The number of halogens is 1. The highest BCUT2D eigenvalue weighted by Crippen LogP contribution is 2.22. The van der Waals surface area contributed by atoms with E-state index in [4.69, 9.17) is 16.9 Å². The SMILES string of the molecule is C=C(C#N)[C@H](O)c1cccc(Cl)c1. The molecule has 0 aliphatic heterocycles. The van der Waals surface area contributed by atoms with E-state index in [0.717, 1.165) is 0 Å². The molecule has 2 nitrogen and oxygen atoms in total. The van der Waals surface area contributed by atoms with Crippen LogP contribution in [0.1, 0.15) is 11.7 Å². The molecule has 0 aromatic heterocycles. The molecule has 1 atom stereocenters. The van der Waals surface area contributed by atoms with Gasteiger partial charge in [0.25, 0.3) is 0 Å². The van der Waals surface area contributed by atoms with Gasteiger partial charge in [0.05, 0.1) is 11.6 Å². The molecule has 0 saturated heterocycles. The van der Waals surface area contributed by atoms with Gasteiger partial charge >= 0.3 is 0 Å². The minimum absolute atomic E-state index is 0.113. The molecule has 0 bridgehead atoms. The average Bonchev–Trinajstić information content (AvgIpc) is 2.15. The number of hydrogen-bond acceptors (Lipinski definition) is 2. The molecule has 3 heteroatoms. The molecular weight excluding hydrogens is 186 g/mol. The summed E-state index contributed by atoms with van der Waals surface area (Å²) < 4.78 is 0. The van der Waals surface area contributed by atoms with E-state index in [0.29, 0.717) is 10.6 Å². The van der Waals surface area contributed by atoms with E-state index >= 15 is 0 Å². The van der Waals surface area contributed by atoms with Crippen LogP contribution in [0, 0.1) is 11.3 Å². The predicted molar refractivity (Wildman–Crippen MR) is 51.2 cm³/mol. The van der Waals surface area contributed by atoms with E-state index in [1.807, 2.05) is 0 Å². The van der Waals surface area contributed by atoms with Crippen LogP contribution in [0.2, 0.25) is 5.02 Å². The largest absolute Gasteiger partial charge is 0.383 e. The summed E-state index contributed by atoms with van der Waals surface area (Å²) >= 11 is 5.71. The van der Waals surface area contributed by atoms with E-state index in [9.17, 15) is 5.11 Å². The first-order valence-electron chi connectivity index (χ1n) is 3.67. The monoisotopic (exact) mass is 193 g/mol. The molecular formula is C10H8ClNO. The van der Waals surface area contributed by atoms with Crippen molar-refractivity contribution in [3.63, 3.8) is 0 Å². The molecule has 0 aliphatic carbocycles. The molecule has 1 N–H and O–H groups in total. The van der Waals surface area contributed by atoms with Gasteiger partial charge < -0.3 is 5.11 Å². The zero-order valence-electron chi connectivity index (χ0n) is 6.87. The standard InChI is InChI=1S/C10H8ClNO/c1-7(6-12)10(13)8-3-2-4-9(11)5-8/h2-5,10,13H,1H2/t10-/m0/s1. The highest BCUT2D eigenvalue weighted by atomic mass is 35.5. The third-order valence-electron chi connectivity index (χ3n) is 1.64. The van der Waals surface area contributed by atoms with Gasteiger partial charge in [-0.2, -0.15) is 5.26 Å². The van der Waals surface area contributed by atoms with Crippen molar-refractivity contribution in [3.05, 3.63) is 47.0 Å².